The Balaban J connectivity index is 2.01. The molecule has 2 aliphatic rings. The molecule has 0 aromatic carbocycles. The first-order valence-electron chi connectivity index (χ1n) is 4.78. The number of carbonyl (C=O) groups excluding carboxylic acids is 1. The maximum atomic E-state index is 11.1. The Bertz CT molecular complexity index is 185. The van der Waals surface area contributed by atoms with Gasteiger partial charge in [-0.1, -0.05) is 0 Å². The van der Waals surface area contributed by atoms with Gasteiger partial charge in [-0.15, -0.1) is 0 Å². The van der Waals surface area contributed by atoms with Gasteiger partial charge in [0.05, 0.1) is 0 Å². The topological polar surface area (TPSA) is 41.1 Å². The van der Waals surface area contributed by atoms with Gasteiger partial charge in [-0.05, 0) is 31.2 Å². The molecule has 2 N–H and O–H groups in total. The second-order valence-corrected chi connectivity index (χ2v) is 4.03. The summed E-state index contributed by atoms with van der Waals surface area (Å²) in [5.41, 5.74) is 0.444. The van der Waals surface area contributed by atoms with E-state index in [4.69, 9.17) is 0 Å². The minimum Gasteiger partial charge on any atom is -0.356 e. The molecule has 2 fully saturated rings. The molecule has 0 radical (unpaired) electrons. The first kappa shape index (κ1) is 8.05. The van der Waals surface area contributed by atoms with E-state index in [1.165, 1.54) is 6.42 Å². The van der Waals surface area contributed by atoms with Crippen LogP contribution in [0.5, 0.6) is 0 Å². The van der Waals surface area contributed by atoms with Crippen molar-refractivity contribution < 1.29 is 4.79 Å². The molecule has 0 aliphatic carbocycles. The minimum absolute atomic E-state index is 0.235. The molecule has 0 aromatic heterocycles. The van der Waals surface area contributed by atoms with Crippen LogP contribution in [0.25, 0.3) is 0 Å². The molecular formula is C9H16N2O. The third-order valence-corrected chi connectivity index (χ3v) is 3.19. The Morgan fingerprint density at radius 3 is 2.75 bits per heavy atom. The molecule has 0 bridgehead atoms. The van der Waals surface area contributed by atoms with Crippen LogP contribution in [0.2, 0.25) is 0 Å². The number of hydrogen-bond acceptors (Lipinski definition) is 2. The molecule has 2 aliphatic heterocycles. The van der Waals surface area contributed by atoms with E-state index in [0.717, 1.165) is 38.9 Å². The van der Waals surface area contributed by atoms with E-state index in [1.54, 1.807) is 0 Å². The van der Waals surface area contributed by atoms with Crippen LogP contribution >= 0.6 is 0 Å². The summed E-state index contributed by atoms with van der Waals surface area (Å²) in [6.45, 7) is 3.12. The fourth-order valence-corrected chi connectivity index (χ4v) is 2.28. The van der Waals surface area contributed by atoms with Gasteiger partial charge in [0.1, 0.15) is 0 Å². The van der Waals surface area contributed by atoms with Gasteiger partial charge in [0.2, 0.25) is 5.91 Å². The van der Waals surface area contributed by atoms with Crippen molar-refractivity contribution in [2.45, 2.75) is 25.7 Å². The van der Waals surface area contributed by atoms with Gasteiger partial charge in [-0.2, -0.15) is 0 Å². The zero-order valence-corrected chi connectivity index (χ0v) is 7.36. The van der Waals surface area contributed by atoms with E-state index < -0.39 is 0 Å². The van der Waals surface area contributed by atoms with Crippen LogP contribution in [-0.4, -0.2) is 25.5 Å². The summed E-state index contributed by atoms with van der Waals surface area (Å²) in [6.07, 6.45) is 4.21. The van der Waals surface area contributed by atoms with Gasteiger partial charge >= 0.3 is 0 Å². The van der Waals surface area contributed by atoms with Crippen molar-refractivity contribution in [3.63, 3.8) is 0 Å². The Hall–Kier alpha value is -0.570. The number of rotatable bonds is 0. The van der Waals surface area contributed by atoms with Gasteiger partial charge in [0, 0.05) is 19.5 Å². The van der Waals surface area contributed by atoms with Crippen molar-refractivity contribution in [2.24, 2.45) is 5.41 Å². The van der Waals surface area contributed by atoms with E-state index in [-0.39, 0.29) is 5.91 Å². The molecule has 3 nitrogen and oxygen atoms in total. The van der Waals surface area contributed by atoms with E-state index in [1.807, 2.05) is 0 Å². The van der Waals surface area contributed by atoms with E-state index in [2.05, 4.69) is 10.6 Å². The highest BCUT2D eigenvalue weighted by molar-refractivity contribution is 5.76. The summed E-state index contributed by atoms with van der Waals surface area (Å²) in [7, 11) is 0. The molecule has 1 amide bonds. The normalized spacial score (nSPS) is 36.5. The molecule has 1 atom stereocenters. The number of amides is 1. The molecule has 1 spiro atoms. The maximum absolute atomic E-state index is 11.1. The Kier molecular flexibility index (Phi) is 2.05. The zero-order chi connectivity index (χ0) is 8.44. The Morgan fingerprint density at radius 1 is 1.17 bits per heavy atom. The maximum Gasteiger partial charge on any atom is 0.220 e. The molecule has 0 saturated carbocycles. The predicted octanol–water partition coefficient (Wildman–Crippen LogP) is 0.266. The lowest BCUT2D eigenvalue weighted by molar-refractivity contribution is -0.120. The van der Waals surface area contributed by atoms with Crippen molar-refractivity contribution in [1.82, 2.24) is 10.6 Å². The molecule has 2 heterocycles. The summed E-state index contributed by atoms with van der Waals surface area (Å²) in [5.74, 6) is 0.235. The first-order chi connectivity index (χ1) is 5.81. The highest BCUT2D eigenvalue weighted by Crippen LogP contribution is 2.35. The highest BCUT2D eigenvalue weighted by Gasteiger charge is 2.35. The van der Waals surface area contributed by atoms with E-state index in [9.17, 15) is 4.79 Å². The number of carbonyl (C=O) groups is 1. The second kappa shape index (κ2) is 3.05. The molecule has 2 saturated heterocycles. The van der Waals surface area contributed by atoms with Gasteiger partial charge in [-0.3, -0.25) is 4.79 Å². The summed E-state index contributed by atoms with van der Waals surface area (Å²) in [4.78, 5) is 11.1. The van der Waals surface area contributed by atoms with Gasteiger partial charge < -0.3 is 10.6 Å². The van der Waals surface area contributed by atoms with Gasteiger partial charge in [0.25, 0.3) is 0 Å². The smallest absolute Gasteiger partial charge is 0.220 e. The third-order valence-electron chi connectivity index (χ3n) is 3.19. The van der Waals surface area contributed by atoms with Crippen LogP contribution in [0, 0.1) is 5.41 Å². The van der Waals surface area contributed by atoms with Crippen molar-refractivity contribution in [2.75, 3.05) is 19.6 Å². The van der Waals surface area contributed by atoms with E-state index in [0.29, 0.717) is 5.41 Å². The quantitative estimate of drug-likeness (QED) is 0.545. The van der Waals surface area contributed by atoms with Gasteiger partial charge in [-0.25, -0.2) is 0 Å². The largest absolute Gasteiger partial charge is 0.356 e. The van der Waals surface area contributed by atoms with Crippen molar-refractivity contribution in [3.05, 3.63) is 0 Å². The molecule has 3 heteroatoms. The van der Waals surface area contributed by atoms with Crippen molar-refractivity contribution >= 4 is 5.91 Å². The summed E-state index contributed by atoms with van der Waals surface area (Å²) in [5, 5.41) is 6.32. The van der Waals surface area contributed by atoms with Crippen LogP contribution in [0.15, 0.2) is 0 Å². The lowest BCUT2D eigenvalue weighted by atomic mass is 9.80. The number of hydrogen-bond donors (Lipinski definition) is 2. The average Bonchev–Trinajstić information content (AvgIpc) is 2.42. The number of nitrogens with one attached hydrogen (secondary N) is 2. The lowest BCUT2D eigenvalue weighted by Crippen LogP contribution is -2.25. The van der Waals surface area contributed by atoms with Crippen LogP contribution in [0.4, 0.5) is 0 Å². The van der Waals surface area contributed by atoms with Crippen LogP contribution < -0.4 is 10.6 Å². The Morgan fingerprint density at radius 2 is 2.00 bits per heavy atom. The fourth-order valence-electron chi connectivity index (χ4n) is 2.28. The molecule has 2 rings (SSSR count). The highest BCUT2D eigenvalue weighted by atomic mass is 16.1. The summed E-state index contributed by atoms with van der Waals surface area (Å²) in [6, 6.07) is 0. The molecule has 68 valence electrons. The van der Waals surface area contributed by atoms with Crippen molar-refractivity contribution in [1.29, 1.82) is 0 Å². The van der Waals surface area contributed by atoms with Crippen LogP contribution in [0.1, 0.15) is 25.7 Å². The average molecular weight is 168 g/mol. The lowest BCUT2D eigenvalue weighted by Gasteiger charge is -2.24. The third kappa shape index (κ3) is 1.46. The second-order valence-electron chi connectivity index (χ2n) is 4.03. The Labute approximate surface area is 72.9 Å². The minimum atomic E-state index is 0.235. The molecule has 1 unspecified atom stereocenters. The monoisotopic (exact) mass is 168 g/mol. The zero-order valence-electron chi connectivity index (χ0n) is 7.36. The molecular weight excluding hydrogens is 152 g/mol. The molecule has 0 aromatic rings. The van der Waals surface area contributed by atoms with Crippen LogP contribution in [-0.2, 0) is 4.79 Å². The van der Waals surface area contributed by atoms with E-state index >= 15 is 0 Å². The standard InChI is InChI=1S/C9H16N2O/c12-8-1-2-9(4-6-11-8)3-5-10-7-9/h10H,1-7H2,(H,11,12). The van der Waals surface area contributed by atoms with Crippen LogP contribution in [0.3, 0.4) is 0 Å². The molecule has 12 heavy (non-hydrogen) atoms. The summed E-state index contributed by atoms with van der Waals surface area (Å²) < 4.78 is 0. The SMILES string of the molecule is O=C1CCC2(CCNC2)CCN1. The first-order valence-corrected chi connectivity index (χ1v) is 4.78. The summed E-state index contributed by atoms with van der Waals surface area (Å²) >= 11 is 0. The van der Waals surface area contributed by atoms with Gasteiger partial charge in [0.15, 0.2) is 0 Å². The predicted molar refractivity (Wildman–Crippen MR) is 46.8 cm³/mol. The fraction of sp³-hybridized carbons (Fsp3) is 0.889. The van der Waals surface area contributed by atoms with Crippen molar-refractivity contribution in [3.8, 4) is 0 Å².